The largest absolute Gasteiger partial charge is 0.307 e. The van der Waals surface area contributed by atoms with Gasteiger partial charge in [-0.1, -0.05) is 26.2 Å². The first-order valence-corrected chi connectivity index (χ1v) is 3.88. The molecule has 0 saturated carbocycles. The van der Waals surface area contributed by atoms with Crippen LogP contribution in [0.5, 0.6) is 0 Å². The fourth-order valence-electron chi connectivity index (χ4n) is 0.838. The summed E-state index contributed by atoms with van der Waals surface area (Å²) in [5.41, 5.74) is 0. The summed E-state index contributed by atoms with van der Waals surface area (Å²) in [6.45, 7) is 4.41. The van der Waals surface area contributed by atoms with Crippen LogP contribution in [0.1, 0.15) is 26.7 Å². The van der Waals surface area contributed by atoms with E-state index >= 15 is 0 Å². The Morgan fingerprint density at radius 2 is 2.20 bits per heavy atom. The van der Waals surface area contributed by atoms with Crippen LogP contribution in [0.4, 0.5) is 0 Å². The molecule has 0 aromatic carbocycles. The van der Waals surface area contributed by atoms with E-state index in [9.17, 15) is 0 Å². The molecule has 1 nitrogen and oxygen atoms in total. The minimum absolute atomic E-state index is 0.259. The van der Waals surface area contributed by atoms with Crippen molar-refractivity contribution < 1.29 is 0 Å². The normalized spacial score (nSPS) is 15.8. The fraction of sp³-hybridized carbons (Fsp3) is 0.778. The van der Waals surface area contributed by atoms with Gasteiger partial charge in [-0.05, 0) is 19.4 Å². The third kappa shape index (κ3) is 3.53. The molecule has 0 radical (unpaired) electrons. The predicted molar refractivity (Wildman–Crippen MR) is 45.8 cm³/mol. The smallest absolute Gasteiger partial charge is 0.0687 e. The van der Waals surface area contributed by atoms with E-state index in [1.165, 1.54) is 6.42 Å². The molecule has 2 unspecified atom stereocenters. The summed E-state index contributed by atoms with van der Waals surface area (Å²) in [7, 11) is 1.91. The van der Waals surface area contributed by atoms with Gasteiger partial charge in [0.25, 0.3) is 0 Å². The SMILES string of the molecule is C#CC(CC(C)CC)NC. The van der Waals surface area contributed by atoms with E-state index in [1.54, 1.807) is 0 Å². The van der Waals surface area contributed by atoms with Crippen LogP contribution < -0.4 is 5.32 Å². The summed E-state index contributed by atoms with van der Waals surface area (Å²) in [4.78, 5) is 0. The first kappa shape index (κ1) is 9.52. The molecule has 0 bridgehead atoms. The number of nitrogens with one attached hydrogen (secondary N) is 1. The van der Waals surface area contributed by atoms with Gasteiger partial charge in [-0.3, -0.25) is 0 Å². The highest BCUT2D eigenvalue weighted by molar-refractivity contribution is 4.98. The molecule has 0 rings (SSSR count). The van der Waals surface area contributed by atoms with Gasteiger partial charge in [0.1, 0.15) is 0 Å². The van der Waals surface area contributed by atoms with Crippen molar-refractivity contribution >= 4 is 0 Å². The molecule has 0 aliphatic heterocycles. The molecule has 2 atom stereocenters. The van der Waals surface area contributed by atoms with E-state index in [4.69, 9.17) is 6.42 Å². The molecule has 0 fully saturated rings. The maximum atomic E-state index is 5.27. The summed E-state index contributed by atoms with van der Waals surface area (Å²) >= 11 is 0. The van der Waals surface area contributed by atoms with Crippen molar-refractivity contribution in [2.45, 2.75) is 32.7 Å². The summed E-state index contributed by atoms with van der Waals surface area (Å²) in [6, 6.07) is 0.259. The Morgan fingerprint density at radius 1 is 1.60 bits per heavy atom. The molecule has 0 saturated heterocycles. The molecule has 0 aromatic rings. The highest BCUT2D eigenvalue weighted by Crippen LogP contribution is 2.08. The van der Waals surface area contributed by atoms with Crippen LogP contribution in [0.15, 0.2) is 0 Å². The van der Waals surface area contributed by atoms with Crippen molar-refractivity contribution in [1.82, 2.24) is 5.32 Å². The number of rotatable bonds is 4. The fourth-order valence-corrected chi connectivity index (χ4v) is 0.838. The van der Waals surface area contributed by atoms with Gasteiger partial charge >= 0.3 is 0 Å². The lowest BCUT2D eigenvalue weighted by atomic mass is 10.00. The molecule has 0 aliphatic rings. The van der Waals surface area contributed by atoms with E-state index in [0.29, 0.717) is 0 Å². The van der Waals surface area contributed by atoms with Gasteiger partial charge in [0, 0.05) is 0 Å². The minimum Gasteiger partial charge on any atom is -0.307 e. The Labute approximate surface area is 64.2 Å². The van der Waals surface area contributed by atoms with E-state index in [0.717, 1.165) is 12.3 Å². The summed E-state index contributed by atoms with van der Waals surface area (Å²) < 4.78 is 0. The molecule has 0 heterocycles. The van der Waals surface area contributed by atoms with Crippen LogP contribution in [0.25, 0.3) is 0 Å². The number of hydrogen-bond donors (Lipinski definition) is 1. The van der Waals surface area contributed by atoms with Crippen molar-refractivity contribution in [2.24, 2.45) is 5.92 Å². The lowest BCUT2D eigenvalue weighted by Gasteiger charge is -2.13. The van der Waals surface area contributed by atoms with Crippen LogP contribution in [0.2, 0.25) is 0 Å². The first-order valence-electron chi connectivity index (χ1n) is 3.88. The Morgan fingerprint density at radius 3 is 2.50 bits per heavy atom. The van der Waals surface area contributed by atoms with E-state index < -0.39 is 0 Å². The second-order valence-corrected chi connectivity index (χ2v) is 2.76. The molecule has 0 aromatic heterocycles. The van der Waals surface area contributed by atoms with Gasteiger partial charge in [0.15, 0.2) is 0 Å². The average molecular weight is 139 g/mol. The van der Waals surface area contributed by atoms with Crippen LogP contribution in [0, 0.1) is 18.3 Å². The van der Waals surface area contributed by atoms with Gasteiger partial charge in [-0.25, -0.2) is 0 Å². The summed E-state index contributed by atoms with van der Waals surface area (Å²) in [6.07, 6.45) is 7.57. The highest BCUT2D eigenvalue weighted by atomic mass is 14.9. The van der Waals surface area contributed by atoms with Crippen molar-refractivity contribution in [1.29, 1.82) is 0 Å². The molecule has 0 aliphatic carbocycles. The van der Waals surface area contributed by atoms with Crippen LogP contribution >= 0.6 is 0 Å². The maximum absolute atomic E-state index is 5.27. The standard InChI is InChI=1S/C9H17N/c1-5-8(3)7-9(6-2)10-4/h2,8-10H,5,7H2,1,3-4H3. The first-order chi connectivity index (χ1) is 4.74. The number of hydrogen-bond acceptors (Lipinski definition) is 1. The zero-order chi connectivity index (χ0) is 7.98. The Balaban J connectivity index is 3.54. The third-order valence-electron chi connectivity index (χ3n) is 1.88. The third-order valence-corrected chi connectivity index (χ3v) is 1.88. The second-order valence-electron chi connectivity index (χ2n) is 2.76. The minimum atomic E-state index is 0.259. The quantitative estimate of drug-likeness (QED) is 0.584. The molecular formula is C9H17N. The number of terminal acetylenes is 1. The molecule has 0 amide bonds. The lowest BCUT2D eigenvalue weighted by Crippen LogP contribution is -2.25. The predicted octanol–water partition coefficient (Wildman–Crippen LogP) is 1.64. The van der Waals surface area contributed by atoms with Gasteiger partial charge in [-0.15, -0.1) is 6.42 Å². The monoisotopic (exact) mass is 139 g/mol. The molecular weight excluding hydrogens is 122 g/mol. The van der Waals surface area contributed by atoms with Gasteiger partial charge in [0.05, 0.1) is 6.04 Å². The Bertz CT molecular complexity index is 112. The van der Waals surface area contributed by atoms with E-state index in [2.05, 4.69) is 25.1 Å². The van der Waals surface area contributed by atoms with E-state index in [-0.39, 0.29) is 6.04 Å². The maximum Gasteiger partial charge on any atom is 0.0687 e. The molecule has 1 N–H and O–H groups in total. The van der Waals surface area contributed by atoms with E-state index in [1.807, 2.05) is 7.05 Å². The van der Waals surface area contributed by atoms with Crippen molar-refractivity contribution in [3.63, 3.8) is 0 Å². The topological polar surface area (TPSA) is 12.0 Å². The van der Waals surface area contributed by atoms with Crippen LogP contribution in [0.3, 0.4) is 0 Å². The van der Waals surface area contributed by atoms with Crippen LogP contribution in [-0.4, -0.2) is 13.1 Å². The van der Waals surface area contributed by atoms with Crippen LogP contribution in [-0.2, 0) is 0 Å². The zero-order valence-electron chi connectivity index (χ0n) is 7.15. The summed E-state index contributed by atoms with van der Waals surface area (Å²) in [5, 5.41) is 3.08. The average Bonchev–Trinajstić information content (AvgIpc) is 1.99. The van der Waals surface area contributed by atoms with Crippen molar-refractivity contribution in [2.75, 3.05) is 7.05 Å². The van der Waals surface area contributed by atoms with Gasteiger partial charge in [0.2, 0.25) is 0 Å². The Kier molecular flexibility index (Phi) is 5.06. The van der Waals surface area contributed by atoms with Gasteiger partial charge in [-0.2, -0.15) is 0 Å². The highest BCUT2D eigenvalue weighted by Gasteiger charge is 2.05. The summed E-state index contributed by atoms with van der Waals surface area (Å²) in [5.74, 6) is 3.44. The second kappa shape index (κ2) is 5.32. The van der Waals surface area contributed by atoms with Crippen molar-refractivity contribution in [3.8, 4) is 12.3 Å². The Hall–Kier alpha value is -0.480. The molecule has 10 heavy (non-hydrogen) atoms. The lowest BCUT2D eigenvalue weighted by molar-refractivity contribution is 0.463. The molecule has 0 spiro atoms. The molecule has 1 heteroatoms. The van der Waals surface area contributed by atoms with Crippen molar-refractivity contribution in [3.05, 3.63) is 0 Å². The zero-order valence-corrected chi connectivity index (χ0v) is 7.15. The van der Waals surface area contributed by atoms with Gasteiger partial charge < -0.3 is 5.32 Å². The molecule has 58 valence electrons.